The molecule has 0 N–H and O–H groups in total. The van der Waals surface area contributed by atoms with Gasteiger partial charge >= 0.3 is 5.97 Å². The fourth-order valence-electron chi connectivity index (χ4n) is 4.79. The number of hydrogen-bond donors (Lipinski definition) is 0. The van der Waals surface area contributed by atoms with Crippen LogP contribution in [0.4, 0.5) is 5.69 Å². The highest BCUT2D eigenvalue weighted by Crippen LogP contribution is 2.42. The van der Waals surface area contributed by atoms with Crippen LogP contribution in [0.5, 0.6) is 0 Å². The number of anilines is 1. The molecule has 1 unspecified atom stereocenters. The van der Waals surface area contributed by atoms with E-state index < -0.39 is 5.97 Å². The molecule has 1 saturated heterocycles. The Morgan fingerprint density at radius 3 is 2.45 bits per heavy atom. The van der Waals surface area contributed by atoms with E-state index in [0.717, 1.165) is 29.2 Å². The minimum Gasteiger partial charge on any atom is -0.457 e. The summed E-state index contributed by atoms with van der Waals surface area (Å²) in [5.41, 5.74) is 3.05. The smallest absolute Gasteiger partial charge is 0.339 e. The molecule has 11 heteroatoms. The predicted octanol–water partition coefficient (Wildman–Crippen LogP) is 7.40. The Labute approximate surface area is 264 Å². The Balaban J connectivity index is 1.28. The van der Waals surface area contributed by atoms with E-state index in [2.05, 4.69) is 9.88 Å². The monoisotopic (exact) mass is 642 g/mol. The van der Waals surface area contributed by atoms with Crippen LogP contribution >= 0.6 is 46.6 Å². The number of nitrogens with zero attached hydrogens (tertiary/aromatic N) is 4. The molecule has 1 amide bonds. The fraction of sp³-hybridized carbons (Fsp3) is 0.258. The molecule has 0 aliphatic carbocycles. The third-order valence-electron chi connectivity index (χ3n) is 7.11. The van der Waals surface area contributed by atoms with E-state index in [0.29, 0.717) is 45.8 Å². The molecule has 1 atom stereocenters. The van der Waals surface area contributed by atoms with Crippen molar-refractivity contribution in [1.82, 2.24) is 14.5 Å². The molecule has 7 nitrogen and oxygen atoms in total. The summed E-state index contributed by atoms with van der Waals surface area (Å²) in [5, 5.41) is 1.51. The lowest BCUT2D eigenvalue weighted by Crippen LogP contribution is -2.48. The molecule has 1 aliphatic rings. The van der Waals surface area contributed by atoms with Gasteiger partial charge in [-0.3, -0.25) is 4.79 Å². The highest BCUT2D eigenvalue weighted by atomic mass is 35.5. The lowest BCUT2D eigenvalue weighted by molar-refractivity contribution is -0.129. The number of rotatable bonds is 9. The summed E-state index contributed by atoms with van der Waals surface area (Å²) in [5.74, 6) is -0.352. The summed E-state index contributed by atoms with van der Waals surface area (Å²) < 4.78 is 7.71. The van der Waals surface area contributed by atoms with E-state index in [1.165, 1.54) is 11.8 Å². The van der Waals surface area contributed by atoms with Crippen LogP contribution in [0.1, 0.15) is 33.7 Å². The Bertz CT molecular complexity index is 1560. The highest BCUT2D eigenvalue weighted by molar-refractivity contribution is 7.99. The molecule has 0 saturated carbocycles. The van der Waals surface area contributed by atoms with Crippen LogP contribution in [-0.4, -0.2) is 52.5 Å². The highest BCUT2D eigenvalue weighted by Gasteiger charge is 2.23. The number of benzene rings is 3. The standard InChI is InChI=1S/C31H29Cl3N4O3S/c1-21(39)37-12-14-38(15-13-37)24-8-6-22(27(33)17-24)19-41-31(40)26-4-2-3-5-29(26)42-30(18-36-11-10-35-20-36)25-9-7-23(32)16-28(25)34/h2-11,16-17,20,30H,12-15,18-19H2,1H3. The van der Waals surface area contributed by atoms with Gasteiger partial charge in [0.05, 0.1) is 17.1 Å². The SMILES string of the molecule is CC(=O)N1CCN(c2ccc(COC(=O)c3ccccc3SC(Cn3ccnc3)c3ccc(Cl)cc3Cl)c(Cl)c2)CC1. The van der Waals surface area contributed by atoms with Crippen LogP contribution in [0, 0.1) is 0 Å². The van der Waals surface area contributed by atoms with Crippen LogP contribution in [0.25, 0.3) is 0 Å². The molecule has 0 radical (unpaired) electrons. The van der Waals surface area contributed by atoms with E-state index in [-0.39, 0.29) is 17.8 Å². The maximum Gasteiger partial charge on any atom is 0.339 e. The topological polar surface area (TPSA) is 67.7 Å². The molecule has 4 aromatic rings. The van der Waals surface area contributed by atoms with Crippen molar-refractivity contribution in [3.63, 3.8) is 0 Å². The zero-order chi connectivity index (χ0) is 29.6. The molecule has 0 spiro atoms. The first-order chi connectivity index (χ1) is 20.3. The molecule has 3 aromatic carbocycles. The van der Waals surface area contributed by atoms with Gasteiger partial charge in [0.25, 0.3) is 0 Å². The van der Waals surface area contributed by atoms with Crippen molar-refractivity contribution in [2.24, 2.45) is 0 Å². The first-order valence-electron chi connectivity index (χ1n) is 13.4. The molecule has 5 rings (SSSR count). The van der Waals surface area contributed by atoms with Gasteiger partial charge in [0, 0.05) is 83.3 Å². The van der Waals surface area contributed by atoms with Gasteiger partial charge in [-0.1, -0.05) is 59.1 Å². The van der Waals surface area contributed by atoms with E-state index in [1.807, 2.05) is 64.2 Å². The van der Waals surface area contributed by atoms with Crippen LogP contribution in [-0.2, 0) is 22.7 Å². The lowest BCUT2D eigenvalue weighted by atomic mass is 10.1. The van der Waals surface area contributed by atoms with Crippen molar-refractivity contribution >= 4 is 64.1 Å². The van der Waals surface area contributed by atoms with Gasteiger partial charge in [-0.05, 0) is 42.0 Å². The van der Waals surface area contributed by atoms with Gasteiger partial charge in [-0.2, -0.15) is 0 Å². The van der Waals surface area contributed by atoms with Crippen LogP contribution < -0.4 is 4.90 Å². The van der Waals surface area contributed by atoms with E-state index >= 15 is 0 Å². The van der Waals surface area contributed by atoms with E-state index in [1.54, 1.807) is 31.6 Å². The third kappa shape index (κ3) is 7.42. The summed E-state index contributed by atoms with van der Waals surface area (Å²) in [7, 11) is 0. The molecule has 0 bridgehead atoms. The molecule has 1 fully saturated rings. The number of halogens is 3. The summed E-state index contributed by atoms with van der Waals surface area (Å²) in [4.78, 5) is 33.9. The van der Waals surface area contributed by atoms with Gasteiger partial charge < -0.3 is 19.1 Å². The van der Waals surface area contributed by atoms with Crippen molar-refractivity contribution < 1.29 is 14.3 Å². The minimum atomic E-state index is -0.442. The lowest BCUT2D eigenvalue weighted by Gasteiger charge is -2.35. The number of piperazine rings is 1. The maximum absolute atomic E-state index is 13.3. The number of ether oxygens (including phenoxy) is 1. The average Bonchev–Trinajstić information content (AvgIpc) is 3.49. The van der Waals surface area contributed by atoms with Gasteiger partial charge in [0.15, 0.2) is 0 Å². The average molecular weight is 644 g/mol. The number of hydrogen-bond acceptors (Lipinski definition) is 6. The zero-order valence-electron chi connectivity index (χ0n) is 22.9. The Morgan fingerprint density at radius 1 is 0.976 bits per heavy atom. The molecule has 1 aliphatic heterocycles. The molecular formula is C31H29Cl3N4O3S. The zero-order valence-corrected chi connectivity index (χ0v) is 26.0. The summed E-state index contributed by atoms with van der Waals surface area (Å²) in [6.07, 6.45) is 5.36. The predicted molar refractivity (Wildman–Crippen MR) is 169 cm³/mol. The summed E-state index contributed by atoms with van der Waals surface area (Å²) >= 11 is 20.9. The quantitative estimate of drug-likeness (QED) is 0.140. The second kappa shape index (κ2) is 13.9. The molecule has 218 valence electrons. The van der Waals surface area contributed by atoms with E-state index in [9.17, 15) is 9.59 Å². The first-order valence-corrected chi connectivity index (χ1v) is 15.4. The van der Waals surface area contributed by atoms with E-state index in [4.69, 9.17) is 39.5 Å². The number of esters is 1. The van der Waals surface area contributed by atoms with Crippen LogP contribution in [0.15, 0.2) is 84.3 Å². The van der Waals surface area contributed by atoms with Crippen LogP contribution in [0.3, 0.4) is 0 Å². The van der Waals surface area contributed by atoms with Gasteiger partial charge in [0.2, 0.25) is 5.91 Å². The fourth-order valence-corrected chi connectivity index (χ4v) is 6.95. The Kier molecular flexibility index (Phi) is 10.0. The van der Waals surface area contributed by atoms with Gasteiger partial charge in [0.1, 0.15) is 6.61 Å². The summed E-state index contributed by atoms with van der Waals surface area (Å²) in [6.45, 7) is 5.05. The van der Waals surface area contributed by atoms with Gasteiger partial charge in [-0.15, -0.1) is 11.8 Å². The van der Waals surface area contributed by atoms with Crippen molar-refractivity contribution in [1.29, 1.82) is 0 Å². The number of imidazole rings is 1. The largest absolute Gasteiger partial charge is 0.457 e. The number of carbonyl (C=O) groups is 2. The Hall–Kier alpha value is -3.17. The molecule has 1 aromatic heterocycles. The second-order valence-electron chi connectivity index (χ2n) is 9.87. The van der Waals surface area contributed by atoms with Crippen molar-refractivity contribution in [3.8, 4) is 0 Å². The first kappa shape index (κ1) is 30.3. The molecular weight excluding hydrogens is 615 g/mol. The number of aromatic nitrogens is 2. The number of carbonyl (C=O) groups excluding carboxylic acids is 2. The van der Waals surface area contributed by atoms with Crippen molar-refractivity contribution in [2.75, 3.05) is 31.1 Å². The van der Waals surface area contributed by atoms with Gasteiger partial charge in [-0.25, -0.2) is 9.78 Å². The molecule has 42 heavy (non-hydrogen) atoms. The number of amides is 1. The third-order valence-corrected chi connectivity index (χ3v) is 9.32. The minimum absolute atomic E-state index is 0.0382. The Morgan fingerprint density at radius 2 is 1.76 bits per heavy atom. The van der Waals surface area contributed by atoms with Crippen molar-refractivity contribution in [3.05, 3.63) is 111 Å². The maximum atomic E-state index is 13.3. The van der Waals surface area contributed by atoms with Crippen molar-refractivity contribution in [2.45, 2.75) is 30.2 Å². The van der Waals surface area contributed by atoms with Crippen LogP contribution in [0.2, 0.25) is 15.1 Å². The normalized spacial score (nSPS) is 14.1. The number of thioether (sulfide) groups is 1. The second-order valence-corrected chi connectivity index (χ2v) is 12.4. The molecule has 2 heterocycles. The summed E-state index contributed by atoms with van der Waals surface area (Å²) in [6, 6.07) is 18.5.